The Hall–Kier alpha value is -1.91. The number of amides is 1. The van der Waals surface area contributed by atoms with Crippen LogP contribution in [0.4, 0.5) is 10.1 Å². The van der Waals surface area contributed by atoms with Crippen molar-refractivity contribution in [1.82, 2.24) is 5.32 Å². The number of hydrogen-bond acceptors (Lipinski definition) is 2. The van der Waals surface area contributed by atoms with Crippen molar-refractivity contribution in [2.45, 2.75) is 13.5 Å². The fourth-order valence-corrected chi connectivity index (χ4v) is 1.98. The number of carbonyl (C=O) groups excluding carboxylic acids is 1. The molecule has 0 saturated heterocycles. The van der Waals surface area contributed by atoms with E-state index in [1.165, 1.54) is 12.1 Å². The third-order valence-electron chi connectivity index (χ3n) is 2.98. The Morgan fingerprint density at radius 2 is 1.90 bits per heavy atom. The third kappa shape index (κ3) is 4.85. The molecule has 5 heteroatoms. The molecule has 2 N–H and O–H groups in total. The number of halogens is 2. The fourth-order valence-electron chi connectivity index (χ4n) is 1.80. The molecular weight excluding hydrogens is 291 g/mol. The topological polar surface area (TPSA) is 41.1 Å². The molecule has 0 heterocycles. The number of rotatable bonds is 5. The molecule has 0 radical (unpaired) electrons. The molecule has 0 fully saturated rings. The SMILES string of the molecule is Cc1ccc(NC(=O)CNCc2ccc(F)cc2)cc1Cl. The van der Waals surface area contributed by atoms with Crippen LogP contribution in [0.2, 0.25) is 5.02 Å². The lowest BCUT2D eigenvalue weighted by molar-refractivity contribution is -0.115. The first-order valence-electron chi connectivity index (χ1n) is 6.56. The maximum absolute atomic E-state index is 12.7. The van der Waals surface area contributed by atoms with Crippen LogP contribution in [-0.4, -0.2) is 12.5 Å². The van der Waals surface area contributed by atoms with Crippen LogP contribution in [0.5, 0.6) is 0 Å². The van der Waals surface area contributed by atoms with Gasteiger partial charge in [0.05, 0.1) is 6.54 Å². The highest BCUT2D eigenvalue weighted by Crippen LogP contribution is 2.19. The van der Waals surface area contributed by atoms with Crippen molar-refractivity contribution in [2.75, 3.05) is 11.9 Å². The quantitative estimate of drug-likeness (QED) is 0.887. The van der Waals surface area contributed by atoms with Gasteiger partial charge in [-0.05, 0) is 42.3 Å². The van der Waals surface area contributed by atoms with Crippen LogP contribution in [0.1, 0.15) is 11.1 Å². The number of hydrogen-bond donors (Lipinski definition) is 2. The van der Waals surface area contributed by atoms with Crippen LogP contribution in [0.25, 0.3) is 0 Å². The van der Waals surface area contributed by atoms with Gasteiger partial charge in [-0.3, -0.25) is 4.79 Å². The predicted octanol–water partition coefficient (Wildman–Crippen LogP) is 3.52. The Morgan fingerprint density at radius 3 is 2.57 bits per heavy atom. The summed E-state index contributed by atoms with van der Waals surface area (Å²) in [6.07, 6.45) is 0. The van der Waals surface area contributed by atoms with Gasteiger partial charge in [-0.25, -0.2) is 4.39 Å². The summed E-state index contributed by atoms with van der Waals surface area (Å²) in [5.41, 5.74) is 2.55. The maximum atomic E-state index is 12.7. The van der Waals surface area contributed by atoms with Crippen LogP contribution < -0.4 is 10.6 Å². The molecule has 3 nitrogen and oxygen atoms in total. The van der Waals surface area contributed by atoms with Gasteiger partial charge in [-0.15, -0.1) is 0 Å². The average molecular weight is 307 g/mol. The molecule has 0 unspecified atom stereocenters. The first kappa shape index (κ1) is 15.5. The maximum Gasteiger partial charge on any atom is 0.238 e. The molecule has 0 aliphatic carbocycles. The molecule has 0 bridgehead atoms. The molecule has 0 atom stereocenters. The van der Waals surface area contributed by atoms with E-state index in [9.17, 15) is 9.18 Å². The lowest BCUT2D eigenvalue weighted by Gasteiger charge is -2.08. The van der Waals surface area contributed by atoms with E-state index < -0.39 is 0 Å². The monoisotopic (exact) mass is 306 g/mol. The molecule has 0 spiro atoms. The number of anilines is 1. The number of aryl methyl sites for hydroxylation is 1. The van der Waals surface area contributed by atoms with Gasteiger partial charge >= 0.3 is 0 Å². The molecule has 0 aromatic heterocycles. The van der Waals surface area contributed by atoms with Crippen molar-refractivity contribution in [3.63, 3.8) is 0 Å². The summed E-state index contributed by atoms with van der Waals surface area (Å²) < 4.78 is 12.7. The van der Waals surface area contributed by atoms with Gasteiger partial charge in [-0.1, -0.05) is 29.8 Å². The van der Waals surface area contributed by atoms with Gasteiger partial charge in [0.1, 0.15) is 5.82 Å². The summed E-state index contributed by atoms with van der Waals surface area (Å²) in [7, 11) is 0. The molecule has 21 heavy (non-hydrogen) atoms. The molecule has 110 valence electrons. The lowest BCUT2D eigenvalue weighted by atomic mass is 10.2. The highest BCUT2D eigenvalue weighted by molar-refractivity contribution is 6.31. The predicted molar refractivity (Wildman–Crippen MR) is 82.9 cm³/mol. The molecule has 0 aliphatic rings. The van der Waals surface area contributed by atoms with Gasteiger partial charge in [0.15, 0.2) is 0 Å². The first-order chi connectivity index (χ1) is 10.0. The fraction of sp³-hybridized carbons (Fsp3) is 0.188. The van der Waals surface area contributed by atoms with E-state index in [0.29, 0.717) is 17.3 Å². The van der Waals surface area contributed by atoms with Crippen LogP contribution >= 0.6 is 11.6 Å². The van der Waals surface area contributed by atoms with E-state index in [1.54, 1.807) is 24.3 Å². The first-order valence-corrected chi connectivity index (χ1v) is 6.93. The van der Waals surface area contributed by atoms with Crippen LogP contribution in [0.3, 0.4) is 0 Å². The van der Waals surface area contributed by atoms with Crippen LogP contribution in [0, 0.1) is 12.7 Å². The van der Waals surface area contributed by atoms with Gasteiger partial charge in [-0.2, -0.15) is 0 Å². The second kappa shape index (κ2) is 7.20. The van der Waals surface area contributed by atoms with Crippen molar-refractivity contribution in [3.05, 3.63) is 64.4 Å². The zero-order valence-corrected chi connectivity index (χ0v) is 12.4. The number of benzene rings is 2. The van der Waals surface area contributed by atoms with Gasteiger partial charge in [0, 0.05) is 17.3 Å². The zero-order valence-electron chi connectivity index (χ0n) is 11.6. The normalized spacial score (nSPS) is 10.4. The molecule has 1 amide bonds. The Balaban J connectivity index is 1.79. The second-order valence-corrected chi connectivity index (χ2v) is 5.15. The highest BCUT2D eigenvalue weighted by Gasteiger charge is 2.04. The highest BCUT2D eigenvalue weighted by atomic mass is 35.5. The summed E-state index contributed by atoms with van der Waals surface area (Å²) in [5.74, 6) is -0.426. The third-order valence-corrected chi connectivity index (χ3v) is 3.39. The van der Waals surface area contributed by atoms with E-state index in [2.05, 4.69) is 10.6 Å². The Kier molecular flexibility index (Phi) is 5.31. The number of nitrogens with one attached hydrogen (secondary N) is 2. The van der Waals surface area contributed by atoms with E-state index in [4.69, 9.17) is 11.6 Å². The van der Waals surface area contributed by atoms with E-state index in [-0.39, 0.29) is 18.3 Å². The van der Waals surface area contributed by atoms with E-state index in [0.717, 1.165) is 11.1 Å². The second-order valence-electron chi connectivity index (χ2n) is 4.74. The van der Waals surface area contributed by atoms with Crippen molar-refractivity contribution < 1.29 is 9.18 Å². The van der Waals surface area contributed by atoms with Crippen molar-refractivity contribution in [3.8, 4) is 0 Å². The summed E-state index contributed by atoms with van der Waals surface area (Å²) in [5, 5.41) is 6.38. The molecule has 2 aromatic rings. The van der Waals surface area contributed by atoms with Crippen molar-refractivity contribution in [1.29, 1.82) is 0 Å². The minimum absolute atomic E-state index is 0.156. The number of carbonyl (C=O) groups is 1. The molecular formula is C16H16ClFN2O. The standard InChI is InChI=1S/C16H16ClFN2O/c1-11-2-7-14(8-15(11)17)20-16(21)10-19-9-12-3-5-13(18)6-4-12/h2-8,19H,9-10H2,1H3,(H,20,21). The molecule has 0 saturated carbocycles. The van der Waals surface area contributed by atoms with E-state index >= 15 is 0 Å². The van der Waals surface area contributed by atoms with Crippen LogP contribution in [0.15, 0.2) is 42.5 Å². The molecule has 0 aliphatic heterocycles. The largest absolute Gasteiger partial charge is 0.325 e. The molecule has 2 aromatic carbocycles. The Bertz CT molecular complexity index is 629. The summed E-state index contributed by atoms with van der Waals surface area (Å²) in [6.45, 7) is 2.57. The minimum atomic E-state index is -0.271. The zero-order chi connectivity index (χ0) is 15.2. The summed E-state index contributed by atoms with van der Waals surface area (Å²) in [4.78, 5) is 11.8. The van der Waals surface area contributed by atoms with Gasteiger partial charge in [0.2, 0.25) is 5.91 Å². The Morgan fingerprint density at radius 1 is 1.19 bits per heavy atom. The minimum Gasteiger partial charge on any atom is -0.325 e. The van der Waals surface area contributed by atoms with Gasteiger partial charge in [0.25, 0.3) is 0 Å². The van der Waals surface area contributed by atoms with E-state index in [1.807, 2.05) is 13.0 Å². The van der Waals surface area contributed by atoms with Crippen molar-refractivity contribution >= 4 is 23.2 Å². The lowest BCUT2D eigenvalue weighted by Crippen LogP contribution is -2.27. The van der Waals surface area contributed by atoms with Crippen LogP contribution in [-0.2, 0) is 11.3 Å². The smallest absolute Gasteiger partial charge is 0.238 e. The summed E-state index contributed by atoms with van der Waals surface area (Å²) >= 11 is 6.00. The Labute approximate surface area is 128 Å². The van der Waals surface area contributed by atoms with Gasteiger partial charge < -0.3 is 10.6 Å². The average Bonchev–Trinajstić information content (AvgIpc) is 2.45. The summed E-state index contributed by atoms with van der Waals surface area (Å²) in [6, 6.07) is 11.5. The van der Waals surface area contributed by atoms with Crippen molar-refractivity contribution in [2.24, 2.45) is 0 Å². The molecule has 2 rings (SSSR count).